The van der Waals surface area contributed by atoms with E-state index in [1.807, 2.05) is 0 Å². The van der Waals surface area contributed by atoms with Gasteiger partial charge in [0.25, 0.3) is 0 Å². The predicted molar refractivity (Wildman–Crippen MR) is 139 cm³/mol. The van der Waals surface area contributed by atoms with E-state index in [0.29, 0.717) is 18.4 Å². The number of aliphatic imine (C=N–C) groups is 1. The molecule has 6 heteroatoms. The second-order valence-corrected chi connectivity index (χ2v) is 11.5. The number of nitrogens with zero attached hydrogens (tertiary/aromatic N) is 3. The van der Waals surface area contributed by atoms with Crippen molar-refractivity contribution in [3.05, 3.63) is 57.2 Å². The van der Waals surface area contributed by atoms with E-state index >= 15 is 0 Å². The van der Waals surface area contributed by atoms with Crippen LogP contribution in [0.4, 0.5) is 0 Å². The topological polar surface area (TPSA) is 56.1 Å². The summed E-state index contributed by atoms with van der Waals surface area (Å²) in [6.07, 6.45) is 19.8. The molecule has 34 heavy (non-hydrogen) atoms. The second kappa shape index (κ2) is 9.54. The van der Waals surface area contributed by atoms with Crippen LogP contribution in [0.25, 0.3) is 0 Å². The highest BCUT2D eigenvalue weighted by Gasteiger charge is 2.42. The van der Waals surface area contributed by atoms with Gasteiger partial charge in [-0.3, -0.25) is 4.99 Å². The van der Waals surface area contributed by atoms with Gasteiger partial charge in [0.15, 0.2) is 5.04 Å². The first-order valence-corrected chi connectivity index (χ1v) is 14.0. The predicted octanol–water partition coefficient (Wildman–Crippen LogP) is 5.16. The molecular formula is C28H35N3O2S. The number of carboxylic acid groups (broad SMARTS) is 1. The number of piperidine rings is 1. The van der Waals surface area contributed by atoms with Crippen LogP contribution in [-0.2, 0) is 4.79 Å². The van der Waals surface area contributed by atoms with Gasteiger partial charge in [-0.1, -0.05) is 55.7 Å². The second-order valence-electron chi connectivity index (χ2n) is 10.5. The molecule has 1 unspecified atom stereocenters. The van der Waals surface area contributed by atoms with Crippen molar-refractivity contribution in [2.45, 2.75) is 51.4 Å². The molecule has 1 atom stereocenters. The number of rotatable bonds is 5. The third-order valence-corrected chi connectivity index (χ3v) is 9.54. The highest BCUT2D eigenvalue weighted by Crippen LogP contribution is 2.55. The minimum Gasteiger partial charge on any atom is -0.476 e. The first-order valence-electron chi connectivity index (χ1n) is 13.2. The van der Waals surface area contributed by atoms with Crippen LogP contribution in [0.3, 0.4) is 0 Å². The third kappa shape index (κ3) is 4.13. The van der Waals surface area contributed by atoms with Crippen LogP contribution < -0.4 is 0 Å². The van der Waals surface area contributed by atoms with Gasteiger partial charge in [-0.05, 0) is 72.6 Å². The smallest absolute Gasteiger partial charge is 0.361 e. The Kier molecular flexibility index (Phi) is 6.29. The molecule has 0 aromatic heterocycles. The summed E-state index contributed by atoms with van der Waals surface area (Å²) in [5.41, 5.74) is 7.04. The molecule has 1 saturated carbocycles. The molecule has 6 aliphatic rings. The quantitative estimate of drug-likeness (QED) is 0.593. The number of aliphatic carboxylic acids is 1. The monoisotopic (exact) mass is 477 g/mol. The number of carboxylic acids is 1. The highest BCUT2D eigenvalue weighted by atomic mass is 32.2. The van der Waals surface area contributed by atoms with Crippen molar-refractivity contribution >= 4 is 22.8 Å². The molecule has 1 N–H and O–H groups in total. The number of hydrogen-bond donors (Lipinski definition) is 1. The Bertz CT molecular complexity index is 1050. The van der Waals surface area contributed by atoms with Crippen LogP contribution >= 0.6 is 11.8 Å². The van der Waals surface area contributed by atoms with Gasteiger partial charge >= 0.3 is 5.97 Å². The van der Waals surface area contributed by atoms with Crippen LogP contribution in [0.5, 0.6) is 0 Å². The summed E-state index contributed by atoms with van der Waals surface area (Å²) in [5, 5.41) is 10.00. The van der Waals surface area contributed by atoms with E-state index in [1.165, 1.54) is 109 Å². The lowest BCUT2D eigenvalue weighted by atomic mass is 9.80. The minimum atomic E-state index is -0.898. The summed E-state index contributed by atoms with van der Waals surface area (Å²) in [4.78, 5) is 22.7. The van der Waals surface area contributed by atoms with E-state index < -0.39 is 5.97 Å². The summed E-state index contributed by atoms with van der Waals surface area (Å²) in [7, 11) is 0. The summed E-state index contributed by atoms with van der Waals surface area (Å²) < 4.78 is 0. The highest BCUT2D eigenvalue weighted by molar-refractivity contribution is 8.19. The largest absolute Gasteiger partial charge is 0.476 e. The van der Waals surface area contributed by atoms with Gasteiger partial charge in [0.2, 0.25) is 0 Å². The standard InChI is InChI=1S/C28H35N3O2S/c32-28(33)27-29-16-20-17-31(15-14-30-12-5-2-6-13-30)18-23-21-10-7-11-22(21)24(25(23)26(20)34-27)19-8-3-1-4-9-19/h7,10-11,18-19,21H,1-6,8-9,12-17H2,(H,32,33). The maximum absolute atomic E-state index is 11.9. The first kappa shape index (κ1) is 22.4. The molecule has 3 aliphatic carbocycles. The summed E-state index contributed by atoms with van der Waals surface area (Å²) in [5.74, 6) is 0.0131. The fourth-order valence-corrected chi connectivity index (χ4v) is 7.69. The van der Waals surface area contributed by atoms with Crippen LogP contribution in [0, 0.1) is 11.8 Å². The third-order valence-electron chi connectivity index (χ3n) is 8.34. The molecule has 0 aromatic carbocycles. The summed E-state index contributed by atoms with van der Waals surface area (Å²) >= 11 is 1.41. The molecular weight excluding hydrogens is 442 g/mol. The SMILES string of the molecule is O=C(O)C1=NCC2=C(S1)C1=C(C3CCCCC3)C3=CC=CC3C1=CN(CCN1CCCCC1)C2. The zero-order valence-corrected chi connectivity index (χ0v) is 20.8. The van der Waals surface area contributed by atoms with Gasteiger partial charge in [0.05, 0.1) is 6.54 Å². The Hall–Kier alpha value is -2.05. The lowest BCUT2D eigenvalue weighted by molar-refractivity contribution is -0.129. The number of fused-ring (bicyclic) bond motifs is 4. The van der Waals surface area contributed by atoms with Gasteiger partial charge in [0, 0.05) is 36.7 Å². The number of allylic oxidation sites excluding steroid dienone is 7. The molecule has 3 heterocycles. The molecule has 180 valence electrons. The molecule has 0 amide bonds. The van der Waals surface area contributed by atoms with Crippen LogP contribution in [0.1, 0.15) is 51.4 Å². The molecule has 0 aromatic rings. The summed E-state index contributed by atoms with van der Waals surface area (Å²) in [6.45, 7) is 5.91. The van der Waals surface area contributed by atoms with Gasteiger partial charge in [-0.25, -0.2) is 4.79 Å². The Morgan fingerprint density at radius 1 is 1.06 bits per heavy atom. The lowest BCUT2D eigenvalue weighted by Crippen LogP contribution is -2.37. The average Bonchev–Trinajstić information content (AvgIpc) is 3.41. The maximum Gasteiger partial charge on any atom is 0.361 e. The Balaban J connectivity index is 1.39. The van der Waals surface area contributed by atoms with Crippen molar-refractivity contribution in [1.29, 1.82) is 0 Å². The van der Waals surface area contributed by atoms with E-state index in [9.17, 15) is 9.90 Å². The number of carbonyl (C=O) groups is 1. The molecule has 0 bridgehead atoms. The Labute approximate surface area is 207 Å². The Morgan fingerprint density at radius 2 is 1.85 bits per heavy atom. The molecule has 5 nitrogen and oxygen atoms in total. The average molecular weight is 478 g/mol. The van der Waals surface area contributed by atoms with E-state index in [4.69, 9.17) is 0 Å². The van der Waals surface area contributed by atoms with E-state index in [2.05, 4.69) is 39.2 Å². The van der Waals surface area contributed by atoms with E-state index in [1.54, 1.807) is 0 Å². The molecule has 0 radical (unpaired) electrons. The van der Waals surface area contributed by atoms with Crippen LogP contribution in [-0.4, -0.2) is 65.2 Å². The summed E-state index contributed by atoms with van der Waals surface area (Å²) in [6, 6.07) is 0. The van der Waals surface area contributed by atoms with Gasteiger partial charge in [0.1, 0.15) is 0 Å². The van der Waals surface area contributed by atoms with E-state index in [-0.39, 0.29) is 5.04 Å². The van der Waals surface area contributed by atoms with Crippen molar-refractivity contribution in [1.82, 2.24) is 9.80 Å². The van der Waals surface area contributed by atoms with Crippen molar-refractivity contribution in [3.8, 4) is 0 Å². The van der Waals surface area contributed by atoms with Gasteiger partial charge in [-0.15, -0.1) is 0 Å². The maximum atomic E-state index is 11.9. The normalized spacial score (nSPS) is 27.7. The first-order chi connectivity index (χ1) is 16.7. The number of thioether (sulfide) groups is 1. The Morgan fingerprint density at radius 3 is 2.65 bits per heavy atom. The zero-order chi connectivity index (χ0) is 23.1. The molecule has 6 rings (SSSR count). The molecule has 1 saturated heterocycles. The van der Waals surface area contributed by atoms with Crippen molar-refractivity contribution in [2.24, 2.45) is 16.8 Å². The van der Waals surface area contributed by atoms with Gasteiger partial charge in [-0.2, -0.15) is 0 Å². The van der Waals surface area contributed by atoms with Crippen LogP contribution in [0.15, 0.2) is 62.2 Å². The molecule has 2 fully saturated rings. The number of hydrogen-bond acceptors (Lipinski definition) is 5. The fraction of sp³-hybridized carbons (Fsp3) is 0.571. The van der Waals surface area contributed by atoms with Gasteiger partial charge < -0.3 is 14.9 Å². The lowest BCUT2D eigenvalue weighted by Gasteiger charge is -2.30. The van der Waals surface area contributed by atoms with E-state index in [0.717, 1.165) is 19.6 Å². The number of likely N-dealkylation sites (tertiary alicyclic amines) is 1. The molecule has 0 spiro atoms. The van der Waals surface area contributed by atoms with Crippen molar-refractivity contribution < 1.29 is 9.90 Å². The van der Waals surface area contributed by atoms with Crippen molar-refractivity contribution in [3.63, 3.8) is 0 Å². The molecule has 3 aliphatic heterocycles. The van der Waals surface area contributed by atoms with Crippen molar-refractivity contribution in [2.75, 3.05) is 39.3 Å². The minimum absolute atomic E-state index is 0.247. The zero-order valence-electron chi connectivity index (χ0n) is 20.0. The van der Waals surface area contributed by atoms with Crippen LogP contribution in [0.2, 0.25) is 0 Å². The fourth-order valence-electron chi connectivity index (χ4n) is 6.68.